The Bertz CT molecular complexity index is 330. The average molecular weight is 296 g/mol. The molecule has 0 N–H and O–H groups in total. The van der Waals surface area contributed by atoms with Crippen molar-refractivity contribution >= 4 is 5.91 Å². The van der Waals surface area contributed by atoms with E-state index in [9.17, 15) is 4.79 Å². The number of nitrogens with zero attached hydrogens (tertiary/aromatic N) is 2. The largest absolute Gasteiger partial charge is 0.342 e. The molecule has 1 heterocycles. The molecule has 0 bridgehead atoms. The first-order chi connectivity index (χ1) is 9.49. The van der Waals surface area contributed by atoms with Gasteiger partial charge in [0, 0.05) is 25.0 Å². The molecular formula is C18H36N2O. The van der Waals surface area contributed by atoms with Crippen LogP contribution in [0.3, 0.4) is 0 Å². The van der Waals surface area contributed by atoms with Crippen molar-refractivity contribution in [3.8, 4) is 0 Å². The highest BCUT2D eigenvalue weighted by molar-refractivity contribution is 5.81. The first-order valence-electron chi connectivity index (χ1n) is 8.47. The maximum absolute atomic E-state index is 12.3. The zero-order valence-corrected chi connectivity index (χ0v) is 15.3. The van der Waals surface area contributed by atoms with E-state index in [0.717, 1.165) is 31.8 Å². The van der Waals surface area contributed by atoms with Crippen LogP contribution in [0, 0.1) is 16.7 Å². The third kappa shape index (κ3) is 6.82. The number of piperidine rings is 1. The summed E-state index contributed by atoms with van der Waals surface area (Å²) in [5, 5.41) is 0. The Balaban J connectivity index is 2.32. The third-order valence-corrected chi connectivity index (χ3v) is 4.36. The summed E-state index contributed by atoms with van der Waals surface area (Å²) >= 11 is 0. The van der Waals surface area contributed by atoms with Crippen molar-refractivity contribution in [3.05, 3.63) is 0 Å². The molecule has 0 spiro atoms. The molecule has 1 aliphatic rings. The fourth-order valence-electron chi connectivity index (χ4n) is 2.85. The fraction of sp³-hybridized carbons (Fsp3) is 0.944. The fourth-order valence-corrected chi connectivity index (χ4v) is 2.85. The molecule has 0 aromatic rings. The van der Waals surface area contributed by atoms with E-state index in [2.05, 4.69) is 37.6 Å². The van der Waals surface area contributed by atoms with Crippen LogP contribution in [0.15, 0.2) is 0 Å². The smallest absolute Gasteiger partial charge is 0.227 e. The molecule has 124 valence electrons. The Morgan fingerprint density at radius 1 is 1.10 bits per heavy atom. The standard InChI is InChI=1S/C18H36N2O/c1-17(2,3)10-13-19(7)14-15-8-11-20(12-9-15)16(21)18(4,5)6/h15H,8-14H2,1-7H3. The second-order valence-electron chi connectivity index (χ2n) is 9.06. The van der Waals surface area contributed by atoms with Gasteiger partial charge >= 0.3 is 0 Å². The highest BCUT2D eigenvalue weighted by Crippen LogP contribution is 2.24. The molecule has 1 fully saturated rings. The molecule has 0 aromatic heterocycles. The summed E-state index contributed by atoms with van der Waals surface area (Å²) in [5.74, 6) is 1.06. The summed E-state index contributed by atoms with van der Waals surface area (Å²) in [6.45, 7) is 17.2. The predicted octanol–water partition coefficient (Wildman–Crippen LogP) is 3.64. The quantitative estimate of drug-likeness (QED) is 0.791. The summed E-state index contributed by atoms with van der Waals surface area (Å²) < 4.78 is 0. The van der Waals surface area contributed by atoms with Crippen LogP contribution in [0.5, 0.6) is 0 Å². The van der Waals surface area contributed by atoms with Crippen LogP contribution in [0.1, 0.15) is 60.8 Å². The lowest BCUT2D eigenvalue weighted by Crippen LogP contribution is -2.45. The maximum Gasteiger partial charge on any atom is 0.227 e. The minimum Gasteiger partial charge on any atom is -0.342 e. The number of amides is 1. The predicted molar refractivity (Wildman–Crippen MR) is 90.3 cm³/mol. The number of likely N-dealkylation sites (tertiary alicyclic amines) is 1. The van der Waals surface area contributed by atoms with Crippen LogP contribution in [-0.4, -0.2) is 48.9 Å². The van der Waals surface area contributed by atoms with Gasteiger partial charge in [0.1, 0.15) is 0 Å². The lowest BCUT2D eigenvalue weighted by atomic mass is 9.90. The minimum atomic E-state index is -0.240. The van der Waals surface area contributed by atoms with Crippen molar-refractivity contribution in [1.29, 1.82) is 0 Å². The van der Waals surface area contributed by atoms with E-state index in [1.54, 1.807) is 0 Å². The second kappa shape index (κ2) is 7.13. The van der Waals surface area contributed by atoms with Crippen LogP contribution >= 0.6 is 0 Å². The summed E-state index contributed by atoms with van der Waals surface area (Å²) in [7, 11) is 2.23. The monoisotopic (exact) mass is 296 g/mol. The number of hydrogen-bond acceptors (Lipinski definition) is 2. The highest BCUT2D eigenvalue weighted by atomic mass is 16.2. The number of carbonyl (C=O) groups excluding carboxylic acids is 1. The van der Waals surface area contributed by atoms with Crippen LogP contribution in [0.25, 0.3) is 0 Å². The van der Waals surface area contributed by atoms with Crippen LogP contribution in [0.2, 0.25) is 0 Å². The van der Waals surface area contributed by atoms with E-state index < -0.39 is 0 Å². The molecule has 0 aromatic carbocycles. The molecule has 0 unspecified atom stereocenters. The van der Waals surface area contributed by atoms with Gasteiger partial charge in [-0.1, -0.05) is 41.5 Å². The molecule has 3 heteroatoms. The zero-order chi connectivity index (χ0) is 16.3. The zero-order valence-electron chi connectivity index (χ0n) is 15.3. The van der Waals surface area contributed by atoms with Crippen molar-refractivity contribution in [2.75, 3.05) is 33.2 Å². The molecule has 0 saturated carbocycles. The van der Waals surface area contributed by atoms with Gasteiger partial charge < -0.3 is 9.80 Å². The summed E-state index contributed by atoms with van der Waals surface area (Å²) in [5.41, 5.74) is 0.174. The van der Waals surface area contributed by atoms with Gasteiger partial charge in [0.2, 0.25) is 5.91 Å². The van der Waals surface area contributed by atoms with E-state index >= 15 is 0 Å². The van der Waals surface area contributed by atoms with E-state index in [-0.39, 0.29) is 5.41 Å². The minimum absolute atomic E-state index is 0.240. The molecule has 3 nitrogen and oxygen atoms in total. The van der Waals surface area contributed by atoms with E-state index in [1.807, 2.05) is 20.8 Å². The molecule has 0 atom stereocenters. The molecular weight excluding hydrogens is 260 g/mol. The van der Waals surface area contributed by atoms with Gasteiger partial charge in [-0.05, 0) is 44.2 Å². The van der Waals surface area contributed by atoms with Crippen LogP contribution in [0.4, 0.5) is 0 Å². The van der Waals surface area contributed by atoms with Gasteiger partial charge in [-0.25, -0.2) is 0 Å². The highest BCUT2D eigenvalue weighted by Gasteiger charge is 2.30. The number of carbonyl (C=O) groups is 1. The Kier molecular flexibility index (Phi) is 6.27. The Hall–Kier alpha value is -0.570. The molecule has 0 aliphatic carbocycles. The molecule has 1 amide bonds. The normalized spacial score (nSPS) is 18.4. The van der Waals surface area contributed by atoms with Gasteiger partial charge in [0.25, 0.3) is 0 Å². The van der Waals surface area contributed by atoms with Crippen molar-refractivity contribution < 1.29 is 4.79 Å². The van der Waals surface area contributed by atoms with Gasteiger partial charge in [0.05, 0.1) is 0 Å². The molecule has 21 heavy (non-hydrogen) atoms. The molecule has 1 rings (SSSR count). The molecule has 1 aliphatic heterocycles. The Labute approximate surface area is 132 Å². The van der Waals surface area contributed by atoms with Gasteiger partial charge in [-0.15, -0.1) is 0 Å². The van der Waals surface area contributed by atoms with Gasteiger partial charge in [0.15, 0.2) is 0 Å². The molecule has 1 saturated heterocycles. The number of hydrogen-bond donors (Lipinski definition) is 0. The first-order valence-corrected chi connectivity index (χ1v) is 8.47. The van der Waals surface area contributed by atoms with Crippen molar-refractivity contribution in [2.24, 2.45) is 16.7 Å². The topological polar surface area (TPSA) is 23.6 Å². The maximum atomic E-state index is 12.3. The van der Waals surface area contributed by atoms with Crippen LogP contribution in [-0.2, 0) is 4.79 Å². The lowest BCUT2D eigenvalue weighted by Gasteiger charge is -2.37. The Morgan fingerprint density at radius 3 is 2.05 bits per heavy atom. The SMILES string of the molecule is CN(CCC(C)(C)C)CC1CCN(C(=O)C(C)(C)C)CC1. The first kappa shape index (κ1) is 18.5. The Morgan fingerprint density at radius 2 is 1.62 bits per heavy atom. The third-order valence-electron chi connectivity index (χ3n) is 4.36. The van der Waals surface area contributed by atoms with Crippen molar-refractivity contribution in [2.45, 2.75) is 60.8 Å². The van der Waals surface area contributed by atoms with Gasteiger partial charge in [-0.2, -0.15) is 0 Å². The van der Waals surface area contributed by atoms with Crippen molar-refractivity contribution in [3.63, 3.8) is 0 Å². The lowest BCUT2D eigenvalue weighted by molar-refractivity contribution is -0.141. The van der Waals surface area contributed by atoms with E-state index in [1.165, 1.54) is 19.5 Å². The second-order valence-corrected chi connectivity index (χ2v) is 9.06. The van der Waals surface area contributed by atoms with E-state index in [0.29, 0.717) is 11.3 Å². The summed E-state index contributed by atoms with van der Waals surface area (Å²) in [6.07, 6.45) is 3.55. The number of rotatable bonds is 4. The van der Waals surface area contributed by atoms with Gasteiger partial charge in [-0.3, -0.25) is 4.79 Å². The van der Waals surface area contributed by atoms with E-state index in [4.69, 9.17) is 0 Å². The average Bonchev–Trinajstić information content (AvgIpc) is 2.34. The van der Waals surface area contributed by atoms with Crippen molar-refractivity contribution in [1.82, 2.24) is 9.80 Å². The molecule has 0 radical (unpaired) electrons. The summed E-state index contributed by atoms with van der Waals surface area (Å²) in [6, 6.07) is 0. The summed E-state index contributed by atoms with van der Waals surface area (Å²) in [4.78, 5) is 16.8. The van der Waals surface area contributed by atoms with Crippen LogP contribution < -0.4 is 0 Å².